The van der Waals surface area contributed by atoms with Crippen LogP contribution in [0.15, 0.2) is 6.07 Å². The lowest BCUT2D eigenvalue weighted by atomic mass is 10.1. The van der Waals surface area contributed by atoms with E-state index < -0.39 is 0 Å². The molecular formula is C13H21N5O. The average Bonchev–Trinajstić information content (AvgIpc) is 2.38. The number of nitrogens with one attached hydrogen (secondary N) is 3. The van der Waals surface area contributed by atoms with E-state index in [0.717, 1.165) is 36.8 Å². The zero-order valence-electron chi connectivity index (χ0n) is 11.5. The summed E-state index contributed by atoms with van der Waals surface area (Å²) in [5.41, 5.74) is 0. The number of hydrogen-bond donors (Lipinski definition) is 3. The number of aryl methyl sites for hydroxylation is 1. The second-order valence-corrected chi connectivity index (χ2v) is 4.80. The summed E-state index contributed by atoms with van der Waals surface area (Å²) >= 11 is 0. The molecule has 1 saturated heterocycles. The zero-order chi connectivity index (χ0) is 13.7. The van der Waals surface area contributed by atoms with E-state index in [9.17, 15) is 4.79 Å². The van der Waals surface area contributed by atoms with Crippen molar-refractivity contribution in [3.8, 4) is 0 Å². The molecule has 0 saturated carbocycles. The first-order chi connectivity index (χ1) is 9.17. The van der Waals surface area contributed by atoms with Crippen LogP contribution in [0.1, 0.15) is 32.0 Å². The molecule has 1 atom stereocenters. The van der Waals surface area contributed by atoms with E-state index >= 15 is 0 Å². The van der Waals surface area contributed by atoms with Crippen molar-refractivity contribution in [1.82, 2.24) is 15.3 Å². The van der Waals surface area contributed by atoms with Gasteiger partial charge < -0.3 is 16.0 Å². The molecule has 1 aromatic rings. The van der Waals surface area contributed by atoms with E-state index in [-0.39, 0.29) is 11.9 Å². The van der Waals surface area contributed by atoms with Crippen LogP contribution < -0.4 is 16.0 Å². The second-order valence-electron chi connectivity index (χ2n) is 4.80. The van der Waals surface area contributed by atoms with Gasteiger partial charge in [0.25, 0.3) is 0 Å². The Balaban J connectivity index is 1.99. The number of aromatic nitrogens is 2. The second kappa shape index (κ2) is 6.36. The number of carbonyl (C=O) groups is 1. The molecule has 2 heterocycles. The molecule has 1 aliphatic rings. The van der Waals surface area contributed by atoms with E-state index in [4.69, 9.17) is 0 Å². The highest BCUT2D eigenvalue weighted by Gasteiger charge is 2.18. The molecule has 1 amide bonds. The molecule has 0 aromatic carbocycles. The normalized spacial score (nSPS) is 18.8. The maximum absolute atomic E-state index is 11.1. The van der Waals surface area contributed by atoms with Gasteiger partial charge >= 0.3 is 0 Å². The lowest BCUT2D eigenvalue weighted by molar-refractivity contribution is -0.122. The molecule has 104 valence electrons. The minimum absolute atomic E-state index is 0.127. The average molecular weight is 263 g/mol. The van der Waals surface area contributed by atoms with Gasteiger partial charge in [-0.15, -0.1) is 0 Å². The highest BCUT2D eigenvalue weighted by Crippen LogP contribution is 2.14. The third-order valence-electron chi connectivity index (χ3n) is 3.01. The third kappa shape index (κ3) is 4.08. The molecule has 0 spiro atoms. The van der Waals surface area contributed by atoms with Crippen LogP contribution >= 0.6 is 0 Å². The summed E-state index contributed by atoms with van der Waals surface area (Å²) in [4.78, 5) is 19.8. The van der Waals surface area contributed by atoms with Crippen LogP contribution in [-0.4, -0.2) is 35.0 Å². The smallest absolute Gasteiger partial charge is 0.220 e. The lowest BCUT2D eigenvalue weighted by Gasteiger charge is -2.24. The number of carbonyl (C=O) groups excluding carboxylic acids is 1. The van der Waals surface area contributed by atoms with Gasteiger partial charge in [0.2, 0.25) is 5.91 Å². The summed E-state index contributed by atoms with van der Waals surface area (Å²) in [6.07, 6.45) is 2.47. The zero-order valence-corrected chi connectivity index (χ0v) is 11.5. The Hall–Kier alpha value is -1.85. The Morgan fingerprint density at radius 3 is 2.89 bits per heavy atom. The molecule has 1 aliphatic heterocycles. The molecule has 3 N–H and O–H groups in total. The van der Waals surface area contributed by atoms with Gasteiger partial charge in [-0.2, -0.15) is 0 Å². The highest BCUT2D eigenvalue weighted by molar-refractivity contribution is 5.77. The molecule has 6 nitrogen and oxygen atoms in total. The number of nitrogens with zero attached hydrogens (tertiary/aromatic N) is 2. The molecule has 19 heavy (non-hydrogen) atoms. The van der Waals surface area contributed by atoms with E-state index in [1.54, 1.807) is 0 Å². The molecule has 0 bridgehead atoms. The molecule has 1 fully saturated rings. The summed E-state index contributed by atoms with van der Waals surface area (Å²) in [6, 6.07) is 2.16. The molecular weight excluding hydrogens is 242 g/mol. The van der Waals surface area contributed by atoms with Crippen molar-refractivity contribution in [1.29, 1.82) is 0 Å². The number of piperidine rings is 1. The van der Waals surface area contributed by atoms with Gasteiger partial charge in [-0.05, 0) is 19.8 Å². The van der Waals surface area contributed by atoms with Gasteiger partial charge in [0, 0.05) is 31.6 Å². The van der Waals surface area contributed by atoms with Crippen LogP contribution in [0.3, 0.4) is 0 Å². The van der Waals surface area contributed by atoms with Gasteiger partial charge in [-0.1, -0.05) is 6.92 Å². The summed E-state index contributed by atoms with van der Waals surface area (Å²) in [7, 11) is 0. The molecule has 1 unspecified atom stereocenters. The summed E-state index contributed by atoms with van der Waals surface area (Å²) < 4.78 is 0. The predicted octanol–water partition coefficient (Wildman–Crippen LogP) is 1.30. The molecule has 2 rings (SSSR count). The predicted molar refractivity (Wildman–Crippen MR) is 75.2 cm³/mol. The van der Waals surface area contributed by atoms with Crippen LogP contribution in [0.4, 0.5) is 11.6 Å². The van der Waals surface area contributed by atoms with Crippen molar-refractivity contribution in [2.75, 3.05) is 23.7 Å². The Morgan fingerprint density at radius 1 is 1.42 bits per heavy atom. The van der Waals surface area contributed by atoms with Gasteiger partial charge in [0.1, 0.15) is 17.5 Å². The fourth-order valence-electron chi connectivity index (χ4n) is 2.05. The summed E-state index contributed by atoms with van der Waals surface area (Å²) in [5.74, 6) is 2.52. The van der Waals surface area contributed by atoms with Crippen LogP contribution in [0.25, 0.3) is 0 Å². The maximum Gasteiger partial charge on any atom is 0.220 e. The van der Waals surface area contributed by atoms with Crippen molar-refractivity contribution in [3.05, 3.63) is 11.9 Å². The Kier molecular flexibility index (Phi) is 4.54. The maximum atomic E-state index is 11.1. The van der Waals surface area contributed by atoms with E-state index in [1.165, 1.54) is 0 Å². The SMILES string of the molecule is CCCNc1cc(NC2CCC(=O)NC2)nc(C)n1. The monoisotopic (exact) mass is 263 g/mol. The first-order valence-electron chi connectivity index (χ1n) is 6.80. The number of hydrogen-bond acceptors (Lipinski definition) is 5. The minimum Gasteiger partial charge on any atom is -0.370 e. The number of rotatable bonds is 5. The largest absolute Gasteiger partial charge is 0.370 e. The lowest BCUT2D eigenvalue weighted by Crippen LogP contribution is -2.42. The molecule has 0 aliphatic carbocycles. The van der Waals surface area contributed by atoms with Crippen LogP contribution in [-0.2, 0) is 4.79 Å². The minimum atomic E-state index is 0.127. The Labute approximate surface area is 113 Å². The van der Waals surface area contributed by atoms with E-state index in [2.05, 4.69) is 32.8 Å². The van der Waals surface area contributed by atoms with E-state index in [1.807, 2.05) is 13.0 Å². The van der Waals surface area contributed by atoms with Crippen LogP contribution in [0.5, 0.6) is 0 Å². The first kappa shape index (κ1) is 13.6. The van der Waals surface area contributed by atoms with Crippen molar-refractivity contribution in [2.24, 2.45) is 0 Å². The van der Waals surface area contributed by atoms with Gasteiger partial charge in [-0.3, -0.25) is 4.79 Å². The fraction of sp³-hybridized carbons (Fsp3) is 0.615. The number of anilines is 2. The van der Waals surface area contributed by atoms with Gasteiger partial charge in [-0.25, -0.2) is 9.97 Å². The summed E-state index contributed by atoms with van der Waals surface area (Å²) in [6.45, 7) is 5.55. The summed E-state index contributed by atoms with van der Waals surface area (Å²) in [5, 5.41) is 9.47. The van der Waals surface area contributed by atoms with Crippen LogP contribution in [0, 0.1) is 6.92 Å². The topological polar surface area (TPSA) is 78.9 Å². The van der Waals surface area contributed by atoms with Crippen molar-refractivity contribution >= 4 is 17.5 Å². The molecule has 0 radical (unpaired) electrons. The van der Waals surface area contributed by atoms with Crippen LogP contribution in [0.2, 0.25) is 0 Å². The Bertz CT molecular complexity index is 439. The van der Waals surface area contributed by atoms with Gasteiger partial charge in [0.15, 0.2) is 0 Å². The Morgan fingerprint density at radius 2 is 2.21 bits per heavy atom. The van der Waals surface area contributed by atoms with Crippen molar-refractivity contribution in [2.45, 2.75) is 39.2 Å². The quantitative estimate of drug-likeness (QED) is 0.746. The molecule has 6 heteroatoms. The van der Waals surface area contributed by atoms with Crippen molar-refractivity contribution in [3.63, 3.8) is 0 Å². The fourth-order valence-corrected chi connectivity index (χ4v) is 2.05. The molecule has 1 aromatic heterocycles. The standard InChI is InChI=1S/C13H21N5O/c1-3-6-14-11-7-12(17-9(2)16-11)18-10-4-5-13(19)15-8-10/h7,10H,3-6,8H2,1-2H3,(H,15,19)(H2,14,16,17,18). The van der Waals surface area contributed by atoms with E-state index in [0.29, 0.717) is 13.0 Å². The number of amides is 1. The first-order valence-corrected chi connectivity index (χ1v) is 6.80. The third-order valence-corrected chi connectivity index (χ3v) is 3.01. The van der Waals surface area contributed by atoms with Crippen molar-refractivity contribution < 1.29 is 4.79 Å². The highest BCUT2D eigenvalue weighted by atomic mass is 16.1. The van der Waals surface area contributed by atoms with Gasteiger partial charge in [0.05, 0.1) is 0 Å².